The molecule has 5 heterocycles. The Balaban J connectivity index is 1.26. The Bertz CT molecular complexity index is 1720. The first kappa shape index (κ1) is 28.2. The summed E-state index contributed by atoms with van der Waals surface area (Å²) >= 11 is 30.1. The van der Waals surface area contributed by atoms with Crippen LogP contribution >= 0.6 is 81.3 Å². The summed E-state index contributed by atoms with van der Waals surface area (Å²) in [5.41, 5.74) is 7.60. The van der Waals surface area contributed by atoms with Gasteiger partial charge in [-0.25, -0.2) is 4.57 Å². The fourth-order valence-electron chi connectivity index (χ4n) is 5.10. The first-order chi connectivity index (χ1) is 19.7. The van der Waals surface area contributed by atoms with Gasteiger partial charge in [0.15, 0.2) is 16.5 Å². The minimum Gasteiger partial charge on any atom is -0.370 e. The minimum absolute atomic E-state index is 0.192. The average molecular weight is 685 g/mol. The highest BCUT2D eigenvalue weighted by Gasteiger charge is 2.45. The van der Waals surface area contributed by atoms with Crippen LogP contribution in [0.1, 0.15) is 47.1 Å². The van der Waals surface area contributed by atoms with Gasteiger partial charge in [-0.1, -0.05) is 82.1 Å². The highest BCUT2D eigenvalue weighted by molar-refractivity contribution is 8.13. The van der Waals surface area contributed by atoms with Gasteiger partial charge in [0.2, 0.25) is 5.95 Å². The molecule has 0 saturated carbocycles. The van der Waals surface area contributed by atoms with Gasteiger partial charge in [0.05, 0.1) is 12.2 Å². The van der Waals surface area contributed by atoms with Crippen molar-refractivity contribution in [2.75, 3.05) is 4.90 Å². The highest BCUT2D eigenvalue weighted by Crippen LogP contribution is 2.50. The van der Waals surface area contributed by atoms with E-state index in [4.69, 9.17) is 56.2 Å². The number of hydrogen-bond donors (Lipinski definition) is 1. The Morgan fingerprint density at radius 1 is 1.00 bits per heavy atom. The zero-order chi connectivity index (χ0) is 28.5. The van der Waals surface area contributed by atoms with Crippen LogP contribution < -0.4 is 10.3 Å². The number of hydrazone groups is 1. The molecular weight excluding hydrogens is 662 g/mol. The molecule has 7 nitrogen and oxygen atoms in total. The summed E-state index contributed by atoms with van der Waals surface area (Å²) in [4.78, 5) is 3.36. The molecule has 0 bridgehead atoms. The lowest BCUT2D eigenvalue weighted by molar-refractivity contribution is -0.0385. The van der Waals surface area contributed by atoms with E-state index < -0.39 is 0 Å². The maximum Gasteiger partial charge on any atom is 0.241 e. The highest BCUT2D eigenvalue weighted by atomic mass is 35.5. The summed E-state index contributed by atoms with van der Waals surface area (Å²) in [6, 6.07) is 11.1. The number of thiophene rings is 1. The summed E-state index contributed by atoms with van der Waals surface area (Å²) in [7, 11) is 0. The Morgan fingerprint density at radius 2 is 1.68 bits per heavy atom. The number of anilines is 1. The molecule has 0 amide bonds. The molecule has 3 aliphatic heterocycles. The molecule has 41 heavy (non-hydrogen) atoms. The molecule has 0 saturated heterocycles. The molecule has 0 fully saturated rings. The van der Waals surface area contributed by atoms with Crippen molar-refractivity contribution >= 4 is 92.4 Å². The minimum atomic E-state index is -0.259. The molecule has 7 rings (SSSR count). The number of rotatable bonds is 5. The van der Waals surface area contributed by atoms with Gasteiger partial charge >= 0.3 is 0 Å². The summed E-state index contributed by atoms with van der Waals surface area (Å²) in [6.45, 7) is 4.85. The Morgan fingerprint density at radius 3 is 2.37 bits per heavy atom. The number of amidine groups is 1. The molecule has 2 aromatic heterocycles. The maximum atomic E-state index is 6.48. The number of thioether (sulfide) groups is 2. The van der Waals surface area contributed by atoms with Gasteiger partial charge in [-0.3, -0.25) is 10.3 Å². The van der Waals surface area contributed by atoms with Crippen molar-refractivity contribution in [3.63, 3.8) is 0 Å². The summed E-state index contributed by atoms with van der Waals surface area (Å²) < 4.78 is 8.34. The van der Waals surface area contributed by atoms with Crippen LogP contribution in [-0.2, 0) is 29.3 Å². The van der Waals surface area contributed by atoms with Gasteiger partial charge in [0, 0.05) is 48.5 Å². The summed E-state index contributed by atoms with van der Waals surface area (Å²) in [5.74, 6) is 1.96. The number of benzene rings is 2. The molecule has 1 unspecified atom stereocenters. The lowest BCUT2D eigenvalue weighted by Crippen LogP contribution is -2.39. The van der Waals surface area contributed by atoms with Crippen LogP contribution in [0.2, 0.25) is 20.1 Å². The first-order valence-electron chi connectivity index (χ1n) is 12.7. The maximum absolute atomic E-state index is 6.48. The van der Waals surface area contributed by atoms with Gasteiger partial charge in [0.25, 0.3) is 0 Å². The largest absolute Gasteiger partial charge is 0.370 e. The zero-order valence-electron chi connectivity index (χ0n) is 21.8. The number of aromatic nitrogens is 3. The predicted molar refractivity (Wildman–Crippen MR) is 171 cm³/mol. The van der Waals surface area contributed by atoms with E-state index in [1.807, 2.05) is 24.3 Å². The summed E-state index contributed by atoms with van der Waals surface area (Å²) in [5, 5.41) is 19.2. The van der Waals surface area contributed by atoms with Gasteiger partial charge in [-0.2, -0.15) is 5.10 Å². The second-order valence-corrected chi connectivity index (χ2v) is 15.1. The molecule has 1 atom stereocenters. The van der Waals surface area contributed by atoms with E-state index in [-0.39, 0.29) is 11.8 Å². The van der Waals surface area contributed by atoms with Gasteiger partial charge < -0.3 is 4.74 Å². The number of hydrogen-bond acceptors (Lipinski definition) is 9. The predicted octanol–water partition coefficient (Wildman–Crippen LogP) is 8.71. The normalized spacial score (nSPS) is 18.3. The second-order valence-electron chi connectivity index (χ2n) is 10.4. The molecular formula is C27H22Cl4N6OS3. The van der Waals surface area contributed by atoms with Crippen molar-refractivity contribution in [1.82, 2.24) is 20.2 Å². The monoisotopic (exact) mass is 682 g/mol. The molecule has 3 aliphatic rings. The molecule has 2 aromatic carbocycles. The molecule has 0 aliphatic carbocycles. The third-order valence-corrected chi connectivity index (χ3v) is 11.5. The van der Waals surface area contributed by atoms with Crippen molar-refractivity contribution in [1.29, 1.82) is 0 Å². The average Bonchev–Trinajstić information content (AvgIpc) is 3.62. The first-order valence-corrected chi connectivity index (χ1v) is 17.0. The lowest BCUT2D eigenvalue weighted by Gasteiger charge is -2.34. The van der Waals surface area contributed by atoms with Gasteiger partial charge in [-0.15, -0.1) is 21.5 Å². The van der Waals surface area contributed by atoms with E-state index in [2.05, 4.69) is 38.9 Å². The quantitative estimate of drug-likeness (QED) is 0.211. The van der Waals surface area contributed by atoms with Crippen LogP contribution in [0.25, 0.3) is 5.00 Å². The molecule has 1 N–H and O–H groups in total. The van der Waals surface area contributed by atoms with Crippen LogP contribution in [0.3, 0.4) is 0 Å². The van der Waals surface area contributed by atoms with Crippen LogP contribution in [0.4, 0.5) is 5.95 Å². The van der Waals surface area contributed by atoms with Crippen LogP contribution in [0, 0.1) is 0 Å². The van der Waals surface area contributed by atoms with E-state index in [0.717, 1.165) is 32.9 Å². The van der Waals surface area contributed by atoms with Crippen LogP contribution in [0.5, 0.6) is 0 Å². The van der Waals surface area contributed by atoms with Crippen LogP contribution in [-0.4, -0.2) is 25.5 Å². The second kappa shape index (κ2) is 10.8. The number of halogens is 4. The third kappa shape index (κ3) is 5.14. The fourth-order valence-corrected chi connectivity index (χ4v) is 9.44. The van der Waals surface area contributed by atoms with E-state index in [1.54, 1.807) is 47.0 Å². The van der Waals surface area contributed by atoms with Crippen molar-refractivity contribution in [3.05, 3.63) is 83.6 Å². The Hall–Kier alpha value is -1.63. The number of ether oxygens (including phenoxy) is 1. The third-order valence-electron chi connectivity index (χ3n) is 7.11. The Kier molecular flexibility index (Phi) is 7.43. The molecule has 0 radical (unpaired) electrons. The van der Waals surface area contributed by atoms with Crippen LogP contribution in [0.15, 0.2) is 46.7 Å². The van der Waals surface area contributed by atoms with E-state index in [9.17, 15) is 0 Å². The van der Waals surface area contributed by atoms with Gasteiger partial charge in [-0.05, 0) is 54.8 Å². The standard InChI is InChI=1S/C27H22Cl4N6OS3/c1-27(2)9-17-20(10-38-27)41-23-21(17)22-32-34-25(39-11-13-3-5-15(28)7-18(13)30)36(22)24-33-35-26(37(23)24)40-12-14-4-6-16(29)8-19(14)31/h3-8,22,32H,9-12H2,1-2H3. The molecule has 0 spiro atoms. The molecule has 14 heteroatoms. The lowest BCUT2D eigenvalue weighted by atomic mass is 9.91. The number of nitrogens with one attached hydrogen (secondary N) is 1. The van der Waals surface area contributed by atoms with E-state index in [1.165, 1.54) is 16.0 Å². The van der Waals surface area contributed by atoms with Crippen molar-refractivity contribution < 1.29 is 4.74 Å². The topological polar surface area (TPSA) is 67.6 Å². The number of fused-ring (bicyclic) bond motifs is 8. The zero-order valence-corrected chi connectivity index (χ0v) is 27.2. The SMILES string of the molecule is CC1(C)Cc2c(sc3c2C2NN=C(SCc4ccc(Cl)cc4Cl)N2c2nnc(SCc4ccc(Cl)cc4Cl)n2-3)CO1. The summed E-state index contributed by atoms with van der Waals surface area (Å²) in [6.07, 6.45) is 0.617. The van der Waals surface area contributed by atoms with Crippen molar-refractivity contribution in [2.45, 2.75) is 55.3 Å². The van der Waals surface area contributed by atoms with E-state index >= 15 is 0 Å². The fraction of sp³-hybridized carbons (Fsp3) is 0.296. The van der Waals surface area contributed by atoms with Crippen molar-refractivity contribution in [3.8, 4) is 5.00 Å². The smallest absolute Gasteiger partial charge is 0.241 e. The Labute approximate surface area is 269 Å². The number of nitrogens with zero attached hydrogens (tertiary/aromatic N) is 5. The molecule has 4 aromatic rings. The molecule has 212 valence electrons. The van der Waals surface area contributed by atoms with E-state index in [0.29, 0.717) is 44.2 Å². The van der Waals surface area contributed by atoms with Crippen molar-refractivity contribution in [2.24, 2.45) is 5.10 Å². The van der Waals surface area contributed by atoms with Gasteiger partial charge in [0.1, 0.15) is 5.00 Å².